The Morgan fingerprint density at radius 2 is 1.83 bits per heavy atom. The number of hydrogen-bond donors (Lipinski definition) is 1. The average molecular weight is 339 g/mol. The molecule has 5 heteroatoms. The van der Waals surface area contributed by atoms with E-state index < -0.39 is 0 Å². The Kier molecular flexibility index (Phi) is 4.77. The first-order valence-electron chi connectivity index (χ1n) is 7.33. The summed E-state index contributed by atoms with van der Waals surface area (Å²) in [6.07, 6.45) is 3.21. The molecule has 0 aliphatic carbocycles. The fourth-order valence-corrected chi connectivity index (χ4v) is 2.33. The van der Waals surface area contributed by atoms with E-state index >= 15 is 0 Å². The zero-order valence-corrected chi connectivity index (χ0v) is 13.7. The molecule has 0 saturated heterocycles. The molecular weight excluding hydrogens is 324 g/mol. The molecule has 24 heavy (non-hydrogen) atoms. The first-order valence-corrected chi connectivity index (χ1v) is 7.71. The summed E-state index contributed by atoms with van der Waals surface area (Å²) in [5.74, 6) is 0.704. The summed E-state index contributed by atoms with van der Waals surface area (Å²) in [5.41, 5.74) is 3.11. The molecule has 0 unspecified atom stereocenters. The van der Waals surface area contributed by atoms with Crippen LogP contribution in [-0.4, -0.2) is 23.1 Å². The molecule has 2 aromatic carbocycles. The van der Waals surface area contributed by atoms with E-state index in [-0.39, 0.29) is 5.78 Å². The maximum Gasteiger partial charge on any atom is 0.185 e. The zero-order chi connectivity index (χ0) is 16.9. The minimum Gasteiger partial charge on any atom is -0.497 e. The van der Waals surface area contributed by atoms with Gasteiger partial charge >= 0.3 is 0 Å². The molecule has 0 bridgehead atoms. The molecule has 1 aromatic heterocycles. The predicted molar refractivity (Wildman–Crippen MR) is 95.4 cm³/mol. The van der Waals surface area contributed by atoms with Gasteiger partial charge in [-0.1, -0.05) is 11.6 Å². The average Bonchev–Trinajstić information content (AvgIpc) is 3.09. The summed E-state index contributed by atoms with van der Waals surface area (Å²) in [7, 11) is 1.63. The van der Waals surface area contributed by atoms with Crippen molar-refractivity contribution >= 4 is 23.5 Å². The molecule has 0 saturated carbocycles. The Bertz CT molecular complexity index is 865. The second-order valence-corrected chi connectivity index (χ2v) is 5.58. The second kappa shape index (κ2) is 7.15. The Labute approximate surface area is 144 Å². The van der Waals surface area contributed by atoms with Crippen molar-refractivity contribution < 1.29 is 9.53 Å². The molecule has 0 radical (unpaired) electrons. The van der Waals surface area contributed by atoms with Crippen LogP contribution in [0.4, 0.5) is 0 Å². The molecule has 0 fully saturated rings. The van der Waals surface area contributed by atoms with Gasteiger partial charge in [0, 0.05) is 16.1 Å². The number of ketones is 1. The van der Waals surface area contributed by atoms with Crippen molar-refractivity contribution in [1.29, 1.82) is 0 Å². The topological polar surface area (TPSA) is 55.0 Å². The maximum absolute atomic E-state index is 12.1. The van der Waals surface area contributed by atoms with E-state index in [1.165, 1.54) is 6.08 Å². The van der Waals surface area contributed by atoms with Gasteiger partial charge in [0.15, 0.2) is 5.78 Å². The van der Waals surface area contributed by atoms with Crippen LogP contribution in [0.2, 0.25) is 5.02 Å². The lowest BCUT2D eigenvalue weighted by atomic mass is 10.1. The SMILES string of the molecule is COc1ccc(-c2cc(/C=C/C(=O)c3ccc(Cl)cc3)[nH]n2)cc1. The lowest BCUT2D eigenvalue weighted by molar-refractivity contribution is 0.104. The van der Waals surface area contributed by atoms with Gasteiger partial charge in [-0.15, -0.1) is 0 Å². The van der Waals surface area contributed by atoms with Crippen LogP contribution in [0.3, 0.4) is 0 Å². The molecule has 0 spiro atoms. The largest absolute Gasteiger partial charge is 0.497 e. The molecule has 0 amide bonds. The lowest BCUT2D eigenvalue weighted by Gasteiger charge is -1.99. The normalized spacial score (nSPS) is 10.9. The van der Waals surface area contributed by atoms with Crippen molar-refractivity contribution in [2.24, 2.45) is 0 Å². The number of ether oxygens (including phenoxy) is 1. The standard InChI is InChI=1S/C19H15ClN2O2/c1-24-17-9-4-13(5-10-17)18-12-16(21-22-18)8-11-19(23)14-2-6-15(20)7-3-14/h2-12H,1H3,(H,21,22)/b11-8+. The number of nitrogens with zero attached hydrogens (tertiary/aromatic N) is 1. The van der Waals surface area contributed by atoms with E-state index in [2.05, 4.69) is 10.2 Å². The molecule has 3 rings (SSSR count). The highest BCUT2D eigenvalue weighted by atomic mass is 35.5. The summed E-state index contributed by atoms with van der Waals surface area (Å²) in [6.45, 7) is 0. The van der Waals surface area contributed by atoms with Gasteiger partial charge in [0.2, 0.25) is 0 Å². The number of aromatic amines is 1. The van der Waals surface area contributed by atoms with Gasteiger partial charge in [0.05, 0.1) is 18.5 Å². The van der Waals surface area contributed by atoms with E-state index in [9.17, 15) is 4.79 Å². The summed E-state index contributed by atoms with van der Waals surface area (Å²) in [5, 5.41) is 7.77. The fourth-order valence-electron chi connectivity index (χ4n) is 2.21. The van der Waals surface area contributed by atoms with Crippen molar-refractivity contribution in [2.45, 2.75) is 0 Å². The smallest absolute Gasteiger partial charge is 0.185 e. The van der Waals surface area contributed by atoms with E-state index in [1.54, 1.807) is 37.5 Å². The zero-order valence-electron chi connectivity index (χ0n) is 13.0. The minimum atomic E-state index is -0.0905. The number of carbonyl (C=O) groups excluding carboxylic acids is 1. The van der Waals surface area contributed by atoms with Crippen molar-refractivity contribution in [3.05, 3.63) is 77.0 Å². The fraction of sp³-hybridized carbons (Fsp3) is 0.0526. The van der Waals surface area contributed by atoms with Crippen molar-refractivity contribution in [3.8, 4) is 17.0 Å². The number of nitrogens with one attached hydrogen (secondary N) is 1. The highest BCUT2D eigenvalue weighted by Gasteiger charge is 2.04. The molecule has 0 aliphatic heterocycles. The van der Waals surface area contributed by atoms with Crippen LogP contribution in [0, 0.1) is 0 Å². The lowest BCUT2D eigenvalue weighted by Crippen LogP contribution is -1.93. The van der Waals surface area contributed by atoms with Gasteiger partial charge in [-0.3, -0.25) is 9.89 Å². The van der Waals surface area contributed by atoms with E-state index in [1.807, 2.05) is 30.3 Å². The first-order chi connectivity index (χ1) is 11.7. The Hall–Kier alpha value is -2.85. The number of allylic oxidation sites excluding steroid dienone is 1. The van der Waals surface area contributed by atoms with Crippen molar-refractivity contribution in [1.82, 2.24) is 10.2 Å². The molecule has 0 aliphatic rings. The number of halogens is 1. The van der Waals surface area contributed by atoms with E-state index in [0.29, 0.717) is 10.6 Å². The van der Waals surface area contributed by atoms with Gasteiger partial charge in [-0.05, 0) is 66.7 Å². The first kappa shape index (κ1) is 16.0. The summed E-state index contributed by atoms with van der Waals surface area (Å²) >= 11 is 5.82. The third kappa shape index (κ3) is 3.73. The number of carbonyl (C=O) groups is 1. The predicted octanol–water partition coefficient (Wildman–Crippen LogP) is 4.63. The quantitative estimate of drug-likeness (QED) is 0.545. The molecule has 0 atom stereocenters. The Morgan fingerprint density at radius 1 is 1.12 bits per heavy atom. The second-order valence-electron chi connectivity index (χ2n) is 5.14. The van der Waals surface area contributed by atoms with Gasteiger partial charge in [-0.2, -0.15) is 5.10 Å². The summed E-state index contributed by atoms with van der Waals surface area (Å²) in [4.78, 5) is 12.1. The number of H-pyrrole nitrogens is 1. The van der Waals surface area contributed by atoms with Crippen LogP contribution in [0.1, 0.15) is 16.1 Å². The van der Waals surface area contributed by atoms with Gasteiger partial charge in [-0.25, -0.2) is 0 Å². The van der Waals surface area contributed by atoms with Crippen LogP contribution in [0.15, 0.2) is 60.7 Å². The number of benzene rings is 2. The third-order valence-electron chi connectivity index (χ3n) is 3.53. The number of hydrogen-bond acceptors (Lipinski definition) is 3. The van der Waals surface area contributed by atoms with E-state index in [4.69, 9.17) is 16.3 Å². The number of methoxy groups -OCH3 is 1. The van der Waals surface area contributed by atoms with Gasteiger partial charge in [0.25, 0.3) is 0 Å². The third-order valence-corrected chi connectivity index (χ3v) is 3.78. The van der Waals surface area contributed by atoms with Crippen LogP contribution >= 0.6 is 11.6 Å². The summed E-state index contributed by atoms with van der Waals surface area (Å²) in [6, 6.07) is 16.3. The van der Waals surface area contributed by atoms with Crippen molar-refractivity contribution in [3.63, 3.8) is 0 Å². The highest BCUT2D eigenvalue weighted by molar-refractivity contribution is 6.30. The molecule has 120 valence electrons. The number of aromatic nitrogens is 2. The molecule has 4 nitrogen and oxygen atoms in total. The van der Waals surface area contributed by atoms with Crippen LogP contribution < -0.4 is 4.74 Å². The van der Waals surface area contributed by atoms with Gasteiger partial charge < -0.3 is 4.74 Å². The molecular formula is C19H15ClN2O2. The van der Waals surface area contributed by atoms with E-state index in [0.717, 1.165) is 22.7 Å². The summed E-state index contributed by atoms with van der Waals surface area (Å²) < 4.78 is 5.14. The maximum atomic E-state index is 12.1. The molecule has 1 N–H and O–H groups in total. The van der Waals surface area contributed by atoms with Crippen LogP contribution in [0.5, 0.6) is 5.75 Å². The van der Waals surface area contributed by atoms with Gasteiger partial charge in [0.1, 0.15) is 5.75 Å². The van der Waals surface area contributed by atoms with Crippen LogP contribution in [0.25, 0.3) is 17.3 Å². The minimum absolute atomic E-state index is 0.0905. The monoisotopic (exact) mass is 338 g/mol. The highest BCUT2D eigenvalue weighted by Crippen LogP contribution is 2.21. The number of rotatable bonds is 5. The molecule has 1 heterocycles. The Morgan fingerprint density at radius 3 is 2.50 bits per heavy atom. The Balaban J connectivity index is 1.73. The van der Waals surface area contributed by atoms with Crippen molar-refractivity contribution in [2.75, 3.05) is 7.11 Å². The van der Waals surface area contributed by atoms with Crippen LogP contribution in [-0.2, 0) is 0 Å². The molecule has 3 aromatic rings.